The van der Waals surface area contributed by atoms with Gasteiger partial charge in [-0.05, 0) is 44.0 Å². The number of pyridine rings is 1. The number of piperazine rings is 1. The number of nitrogens with zero attached hydrogens (tertiary/aromatic N) is 7. The molecule has 6 rings (SSSR count). The minimum absolute atomic E-state index is 0.0141. The number of imidazole rings is 1. The standard InChI is InChI=1S/C33H38F4N8O3/c1-20-16-44(17-28(46)47)10-11-45(20)27-15-38-25(14-39-27)30-41-29-26(43(2)18-32(19-48-3)8-4-5-9-32)13-24(40-31(29)42-30)21-6-7-23(34)22(12-21)33(35,36)37/h6-7,12-15,20H,4-5,8-11,16-19H2,1-3H3,(H,46,47)(H,40,41,42)/t20-/m1/s1. The summed E-state index contributed by atoms with van der Waals surface area (Å²) in [5.74, 6) is -1.19. The maximum absolute atomic E-state index is 14.2. The molecule has 2 fully saturated rings. The van der Waals surface area contributed by atoms with Crippen molar-refractivity contribution in [3.8, 4) is 22.8 Å². The van der Waals surface area contributed by atoms with E-state index in [1.54, 1.807) is 25.6 Å². The highest BCUT2D eigenvalue weighted by Crippen LogP contribution is 2.41. The molecule has 4 aromatic rings. The van der Waals surface area contributed by atoms with Gasteiger partial charge < -0.3 is 24.6 Å². The Labute approximate surface area is 275 Å². The fourth-order valence-electron chi connectivity index (χ4n) is 7.11. The summed E-state index contributed by atoms with van der Waals surface area (Å²) in [4.78, 5) is 39.0. The van der Waals surface area contributed by atoms with E-state index in [4.69, 9.17) is 9.84 Å². The number of halogens is 4. The Bertz CT molecular complexity index is 1780. The number of hydrogen-bond donors (Lipinski definition) is 2. The maximum Gasteiger partial charge on any atom is 0.419 e. The zero-order valence-corrected chi connectivity index (χ0v) is 27.0. The summed E-state index contributed by atoms with van der Waals surface area (Å²) in [5, 5.41) is 9.14. The Morgan fingerprint density at radius 3 is 2.54 bits per heavy atom. The number of rotatable bonds is 10. The normalized spacial score (nSPS) is 18.5. The number of carboxylic acid groups (broad SMARTS) is 1. The molecule has 0 spiro atoms. The largest absolute Gasteiger partial charge is 0.480 e. The van der Waals surface area contributed by atoms with E-state index >= 15 is 0 Å². The van der Waals surface area contributed by atoms with E-state index in [0.717, 1.165) is 37.8 Å². The number of methoxy groups -OCH3 is 1. The highest BCUT2D eigenvalue weighted by molar-refractivity contribution is 5.91. The summed E-state index contributed by atoms with van der Waals surface area (Å²) in [7, 11) is 3.61. The predicted octanol–water partition coefficient (Wildman–Crippen LogP) is 5.48. The number of H-pyrrole nitrogens is 1. The minimum Gasteiger partial charge on any atom is -0.480 e. The Hall–Kier alpha value is -4.37. The highest BCUT2D eigenvalue weighted by Gasteiger charge is 2.37. The quantitative estimate of drug-likeness (QED) is 0.210. The van der Waals surface area contributed by atoms with Crippen molar-refractivity contribution in [3.05, 3.63) is 48.0 Å². The SMILES string of the molecule is COCC1(CN(C)c2cc(-c3ccc(F)c(C(F)(F)F)c3)nc3nc(-c4cnc(N5CCN(CC(=O)O)C[C@H]5C)cn4)[nH]c23)CCCC1. The van der Waals surface area contributed by atoms with Gasteiger partial charge in [0.15, 0.2) is 11.5 Å². The van der Waals surface area contributed by atoms with Crippen LogP contribution in [0, 0.1) is 11.2 Å². The molecule has 1 aliphatic carbocycles. The predicted molar refractivity (Wildman–Crippen MR) is 172 cm³/mol. The average molecular weight is 671 g/mol. The molecule has 1 saturated heterocycles. The van der Waals surface area contributed by atoms with Gasteiger partial charge in [-0.15, -0.1) is 0 Å². The number of ether oxygens (including phenoxy) is 1. The molecule has 2 N–H and O–H groups in total. The topological polar surface area (TPSA) is 124 Å². The van der Waals surface area contributed by atoms with Gasteiger partial charge in [0.2, 0.25) is 0 Å². The van der Waals surface area contributed by atoms with Crippen LogP contribution in [0.15, 0.2) is 36.7 Å². The minimum atomic E-state index is -4.87. The van der Waals surface area contributed by atoms with Crippen LogP contribution in [0.3, 0.4) is 0 Å². The maximum atomic E-state index is 14.2. The van der Waals surface area contributed by atoms with Gasteiger partial charge in [0.05, 0.1) is 42.5 Å². The van der Waals surface area contributed by atoms with Crippen LogP contribution in [0.2, 0.25) is 0 Å². The molecule has 11 nitrogen and oxygen atoms in total. The Balaban J connectivity index is 1.36. The number of carbonyl (C=O) groups is 1. The number of alkyl halides is 3. The number of nitrogens with one attached hydrogen (secondary N) is 1. The second-order valence-electron chi connectivity index (χ2n) is 12.9. The zero-order valence-electron chi connectivity index (χ0n) is 27.0. The second-order valence-corrected chi connectivity index (χ2v) is 12.9. The van der Waals surface area contributed by atoms with Crippen molar-refractivity contribution in [2.45, 2.75) is 44.8 Å². The van der Waals surface area contributed by atoms with Gasteiger partial charge in [0.1, 0.15) is 22.8 Å². The number of aliphatic carboxylic acids is 1. The Kier molecular flexibility index (Phi) is 9.27. The van der Waals surface area contributed by atoms with Crippen molar-refractivity contribution in [1.29, 1.82) is 0 Å². The molecule has 1 saturated carbocycles. The van der Waals surface area contributed by atoms with Crippen molar-refractivity contribution < 1.29 is 32.2 Å². The van der Waals surface area contributed by atoms with Gasteiger partial charge in [0, 0.05) is 57.4 Å². The lowest BCUT2D eigenvalue weighted by molar-refractivity contribution is -0.140. The lowest BCUT2D eigenvalue weighted by atomic mass is 9.86. The summed E-state index contributed by atoms with van der Waals surface area (Å²) >= 11 is 0. The molecule has 0 bridgehead atoms. The van der Waals surface area contributed by atoms with Gasteiger partial charge in [0.25, 0.3) is 0 Å². The van der Waals surface area contributed by atoms with Crippen molar-refractivity contribution >= 4 is 28.6 Å². The molecule has 1 aromatic carbocycles. The fourth-order valence-corrected chi connectivity index (χ4v) is 7.11. The molecule has 1 atom stereocenters. The van der Waals surface area contributed by atoms with E-state index < -0.39 is 23.5 Å². The molecule has 0 radical (unpaired) electrons. The van der Waals surface area contributed by atoms with Crippen LogP contribution in [0.4, 0.5) is 29.1 Å². The number of carboxylic acids is 1. The molecular formula is C33H38F4N8O3. The third-order valence-electron chi connectivity index (χ3n) is 9.35. The van der Waals surface area contributed by atoms with E-state index in [-0.39, 0.29) is 34.9 Å². The van der Waals surface area contributed by atoms with E-state index in [1.807, 2.05) is 23.8 Å². The number of anilines is 2. The van der Waals surface area contributed by atoms with E-state index in [9.17, 15) is 22.4 Å². The third-order valence-corrected chi connectivity index (χ3v) is 9.35. The van der Waals surface area contributed by atoms with Crippen LogP contribution in [-0.4, -0.2) is 100 Å². The molecular weight excluding hydrogens is 632 g/mol. The average Bonchev–Trinajstić information content (AvgIpc) is 3.68. The monoisotopic (exact) mass is 670 g/mol. The van der Waals surface area contributed by atoms with Crippen LogP contribution < -0.4 is 9.80 Å². The van der Waals surface area contributed by atoms with Crippen LogP contribution in [0.1, 0.15) is 38.2 Å². The lowest BCUT2D eigenvalue weighted by Gasteiger charge is -2.39. The molecule has 4 heterocycles. The molecule has 3 aromatic heterocycles. The number of hydrogen-bond acceptors (Lipinski definition) is 9. The lowest BCUT2D eigenvalue weighted by Crippen LogP contribution is -2.53. The first kappa shape index (κ1) is 33.5. The third kappa shape index (κ3) is 6.92. The summed E-state index contributed by atoms with van der Waals surface area (Å²) in [6.07, 6.45) is 2.52. The molecule has 1 aliphatic heterocycles. The van der Waals surface area contributed by atoms with Gasteiger partial charge in [-0.3, -0.25) is 9.69 Å². The second kappa shape index (κ2) is 13.3. The number of fused-ring (bicyclic) bond motifs is 1. The van der Waals surface area contributed by atoms with Crippen molar-refractivity contribution in [2.24, 2.45) is 5.41 Å². The Morgan fingerprint density at radius 1 is 1.12 bits per heavy atom. The number of aromatic nitrogens is 5. The van der Waals surface area contributed by atoms with Crippen molar-refractivity contribution in [1.82, 2.24) is 29.8 Å². The van der Waals surface area contributed by atoms with Crippen LogP contribution >= 0.6 is 0 Å². The van der Waals surface area contributed by atoms with Gasteiger partial charge in [-0.2, -0.15) is 13.2 Å². The van der Waals surface area contributed by atoms with E-state index in [2.05, 4.69) is 29.8 Å². The van der Waals surface area contributed by atoms with Crippen molar-refractivity contribution in [3.63, 3.8) is 0 Å². The molecule has 2 aliphatic rings. The van der Waals surface area contributed by atoms with Crippen LogP contribution in [0.5, 0.6) is 0 Å². The summed E-state index contributed by atoms with van der Waals surface area (Å²) in [5.41, 5.74) is 0.842. The molecule has 0 amide bonds. The fraction of sp³-hybridized carbons (Fsp3) is 0.485. The Morgan fingerprint density at radius 2 is 1.90 bits per heavy atom. The molecule has 256 valence electrons. The van der Waals surface area contributed by atoms with Crippen LogP contribution in [-0.2, 0) is 15.7 Å². The smallest absolute Gasteiger partial charge is 0.419 e. The first-order valence-corrected chi connectivity index (χ1v) is 15.9. The molecule has 48 heavy (non-hydrogen) atoms. The number of aromatic amines is 1. The summed E-state index contributed by atoms with van der Waals surface area (Å²) in [6, 6.07) is 4.59. The highest BCUT2D eigenvalue weighted by atomic mass is 19.4. The summed E-state index contributed by atoms with van der Waals surface area (Å²) in [6.45, 7) is 4.96. The first-order chi connectivity index (χ1) is 22.9. The van der Waals surface area contributed by atoms with Gasteiger partial charge in [-0.25, -0.2) is 24.3 Å². The number of benzene rings is 1. The first-order valence-electron chi connectivity index (χ1n) is 15.9. The van der Waals surface area contributed by atoms with Crippen molar-refractivity contribution in [2.75, 3.05) is 63.3 Å². The van der Waals surface area contributed by atoms with Gasteiger partial charge in [-0.1, -0.05) is 12.8 Å². The van der Waals surface area contributed by atoms with E-state index in [0.29, 0.717) is 61.3 Å². The molecule has 15 heteroatoms. The summed E-state index contributed by atoms with van der Waals surface area (Å²) < 4.78 is 60.7. The van der Waals surface area contributed by atoms with E-state index in [1.165, 1.54) is 6.07 Å². The zero-order chi connectivity index (χ0) is 34.2. The van der Waals surface area contributed by atoms with Gasteiger partial charge >= 0.3 is 12.1 Å². The van der Waals surface area contributed by atoms with Crippen LogP contribution in [0.25, 0.3) is 33.9 Å². The molecule has 0 unspecified atom stereocenters.